The molecule has 1 aliphatic carbocycles. The highest BCUT2D eigenvalue weighted by atomic mass is 17.2. The van der Waals surface area contributed by atoms with E-state index >= 15 is 0 Å². The number of carbonyl (C=O) groups is 4. The second-order valence-electron chi connectivity index (χ2n) is 15.7. The first-order valence-electron chi connectivity index (χ1n) is 22.4. The summed E-state index contributed by atoms with van der Waals surface area (Å²) in [5, 5.41) is 0. The molecule has 0 aromatic heterocycles. The van der Waals surface area contributed by atoms with Crippen molar-refractivity contribution in [1.82, 2.24) is 0 Å². The minimum Gasteiger partial charge on any atom is -0.247 e. The first-order chi connectivity index (χ1) is 25.9. The molecule has 308 valence electrons. The van der Waals surface area contributed by atoms with Crippen LogP contribution in [0, 0.1) is 17.8 Å². The van der Waals surface area contributed by atoms with Crippen molar-refractivity contribution in [1.29, 1.82) is 0 Å². The molecule has 0 amide bonds. The van der Waals surface area contributed by atoms with Gasteiger partial charge >= 0.3 is 23.9 Å². The summed E-state index contributed by atoms with van der Waals surface area (Å²) in [5.74, 6) is -1.66. The van der Waals surface area contributed by atoms with Crippen LogP contribution in [0.15, 0.2) is 12.2 Å². The Morgan fingerprint density at radius 2 is 0.755 bits per heavy atom. The third kappa shape index (κ3) is 28.7. The van der Waals surface area contributed by atoms with Gasteiger partial charge < -0.3 is 0 Å². The van der Waals surface area contributed by atoms with E-state index in [4.69, 9.17) is 19.6 Å². The molecule has 0 fully saturated rings. The maximum Gasteiger partial charge on any atom is 0.359 e. The van der Waals surface area contributed by atoms with E-state index in [0.717, 1.165) is 109 Å². The zero-order valence-corrected chi connectivity index (χ0v) is 34.5. The Balaban J connectivity index is 2.18. The van der Waals surface area contributed by atoms with Gasteiger partial charge in [-0.2, -0.15) is 0 Å². The third-order valence-electron chi connectivity index (χ3n) is 10.8. The Kier molecular flexibility index (Phi) is 32.4. The summed E-state index contributed by atoms with van der Waals surface area (Å²) in [6.07, 6.45) is 38.4. The Hall–Kier alpha value is -2.38. The molecule has 0 aromatic carbocycles. The fourth-order valence-corrected chi connectivity index (χ4v) is 7.34. The quantitative estimate of drug-likeness (QED) is 0.0277. The normalized spacial score (nSPS) is 16.7. The number of unbranched alkanes of at least 4 members (excludes halogenated alkanes) is 23. The Morgan fingerprint density at radius 1 is 0.415 bits per heavy atom. The van der Waals surface area contributed by atoms with Crippen molar-refractivity contribution in [2.75, 3.05) is 0 Å². The van der Waals surface area contributed by atoms with Crippen molar-refractivity contribution >= 4 is 23.9 Å². The van der Waals surface area contributed by atoms with Crippen molar-refractivity contribution in [3.8, 4) is 0 Å². The van der Waals surface area contributed by atoms with Crippen LogP contribution in [0.25, 0.3) is 0 Å². The van der Waals surface area contributed by atoms with Gasteiger partial charge in [0.25, 0.3) is 0 Å². The molecule has 0 heterocycles. The number of carbonyl (C=O) groups excluding carboxylic acids is 4. The SMILES string of the molecule is CCCCCCCCCCCC(=O)OOC(=O)CCCCCCCCC1C=CC(CCCCC)C(C(=O)OOC(=O)CCCCCCCCCCC)C1. The molecular formula is C45H80O8. The summed E-state index contributed by atoms with van der Waals surface area (Å²) in [4.78, 5) is 68.8. The molecule has 0 bridgehead atoms. The summed E-state index contributed by atoms with van der Waals surface area (Å²) >= 11 is 0. The van der Waals surface area contributed by atoms with Gasteiger partial charge in [-0.3, -0.25) is 0 Å². The van der Waals surface area contributed by atoms with Gasteiger partial charge in [-0.25, -0.2) is 38.7 Å². The minimum absolute atomic E-state index is 0.122. The van der Waals surface area contributed by atoms with Crippen LogP contribution < -0.4 is 0 Å². The lowest BCUT2D eigenvalue weighted by molar-refractivity contribution is -0.263. The lowest BCUT2D eigenvalue weighted by Gasteiger charge is -2.30. The predicted octanol–water partition coefficient (Wildman–Crippen LogP) is 13.3. The standard InChI is InChI=1S/C45H80O8/c1-4-7-10-12-14-16-18-23-28-33-42(46)50-51-43(47)34-29-25-21-20-22-27-31-39-36-37-40(32-26-9-6-3)41(38-39)45(49)53-52-44(48)35-30-24-19-17-15-13-11-8-5-2/h36-37,39-41H,4-35,38H2,1-3H3. The van der Waals surface area contributed by atoms with Crippen LogP contribution in [-0.2, 0) is 38.7 Å². The van der Waals surface area contributed by atoms with Crippen LogP contribution in [0.4, 0.5) is 0 Å². The lowest BCUT2D eigenvalue weighted by atomic mass is 9.75. The smallest absolute Gasteiger partial charge is 0.247 e. The summed E-state index contributed by atoms with van der Waals surface area (Å²) in [6, 6.07) is 0. The van der Waals surface area contributed by atoms with Gasteiger partial charge in [0.15, 0.2) is 0 Å². The topological polar surface area (TPSA) is 105 Å². The molecule has 0 aromatic rings. The first kappa shape index (κ1) is 48.6. The first-order valence-corrected chi connectivity index (χ1v) is 22.4. The zero-order valence-electron chi connectivity index (χ0n) is 34.5. The van der Waals surface area contributed by atoms with Crippen molar-refractivity contribution in [2.24, 2.45) is 17.8 Å². The second kappa shape index (κ2) is 35.3. The van der Waals surface area contributed by atoms with Gasteiger partial charge in [0.2, 0.25) is 0 Å². The lowest BCUT2D eigenvalue weighted by Crippen LogP contribution is -2.30. The fraction of sp³-hybridized carbons (Fsp3) is 0.867. The third-order valence-corrected chi connectivity index (χ3v) is 10.8. The van der Waals surface area contributed by atoms with Gasteiger partial charge in [-0.15, -0.1) is 0 Å². The van der Waals surface area contributed by atoms with Crippen LogP contribution in [0.3, 0.4) is 0 Å². The molecule has 1 aliphatic rings. The van der Waals surface area contributed by atoms with E-state index in [-0.39, 0.29) is 24.7 Å². The number of hydrogen-bond donors (Lipinski definition) is 0. The van der Waals surface area contributed by atoms with E-state index < -0.39 is 23.9 Å². The van der Waals surface area contributed by atoms with Crippen LogP contribution >= 0.6 is 0 Å². The van der Waals surface area contributed by atoms with E-state index in [1.54, 1.807) is 0 Å². The largest absolute Gasteiger partial charge is 0.359 e. The van der Waals surface area contributed by atoms with Crippen LogP contribution in [-0.4, -0.2) is 23.9 Å². The Bertz CT molecular complexity index is 947. The molecule has 53 heavy (non-hydrogen) atoms. The number of rotatable bonds is 34. The monoisotopic (exact) mass is 749 g/mol. The van der Waals surface area contributed by atoms with E-state index in [1.165, 1.54) is 77.0 Å². The summed E-state index contributed by atoms with van der Waals surface area (Å²) in [6.45, 7) is 6.63. The molecule has 8 heteroatoms. The molecule has 1 rings (SSSR count). The maximum atomic E-state index is 13.1. The maximum absolute atomic E-state index is 13.1. The number of hydrogen-bond acceptors (Lipinski definition) is 8. The highest BCUT2D eigenvalue weighted by Gasteiger charge is 2.34. The van der Waals surface area contributed by atoms with E-state index in [2.05, 4.69) is 32.9 Å². The highest BCUT2D eigenvalue weighted by Crippen LogP contribution is 2.35. The minimum atomic E-state index is -0.482. The van der Waals surface area contributed by atoms with Crippen molar-refractivity contribution < 1.29 is 38.7 Å². The molecular weight excluding hydrogens is 668 g/mol. The Morgan fingerprint density at radius 3 is 1.19 bits per heavy atom. The summed E-state index contributed by atoms with van der Waals surface area (Å²) in [7, 11) is 0. The summed E-state index contributed by atoms with van der Waals surface area (Å²) < 4.78 is 0. The molecule has 3 unspecified atom stereocenters. The van der Waals surface area contributed by atoms with Crippen LogP contribution in [0.1, 0.15) is 233 Å². The second-order valence-corrected chi connectivity index (χ2v) is 15.7. The molecule has 0 saturated carbocycles. The molecule has 0 N–H and O–H groups in total. The Labute approximate surface area is 324 Å². The van der Waals surface area contributed by atoms with Gasteiger partial charge in [-0.05, 0) is 50.4 Å². The van der Waals surface area contributed by atoms with E-state index in [1.807, 2.05) is 0 Å². The number of allylic oxidation sites excluding steroid dienone is 2. The molecule has 0 saturated heterocycles. The van der Waals surface area contributed by atoms with Crippen LogP contribution in [0.5, 0.6) is 0 Å². The van der Waals surface area contributed by atoms with E-state index in [9.17, 15) is 19.2 Å². The van der Waals surface area contributed by atoms with Crippen LogP contribution in [0.2, 0.25) is 0 Å². The van der Waals surface area contributed by atoms with Gasteiger partial charge in [0, 0.05) is 0 Å². The van der Waals surface area contributed by atoms with Gasteiger partial charge in [-0.1, -0.05) is 187 Å². The molecule has 0 aliphatic heterocycles. The van der Waals surface area contributed by atoms with Crippen molar-refractivity contribution in [3.05, 3.63) is 12.2 Å². The average molecular weight is 749 g/mol. The summed E-state index contributed by atoms with van der Waals surface area (Å²) in [5.41, 5.74) is 0. The zero-order chi connectivity index (χ0) is 38.6. The molecule has 3 atom stereocenters. The fourth-order valence-electron chi connectivity index (χ4n) is 7.34. The van der Waals surface area contributed by atoms with Crippen molar-refractivity contribution in [3.63, 3.8) is 0 Å². The highest BCUT2D eigenvalue weighted by molar-refractivity contribution is 5.75. The van der Waals surface area contributed by atoms with Gasteiger partial charge in [0.05, 0.1) is 25.2 Å². The molecule has 8 nitrogen and oxygen atoms in total. The molecule has 0 radical (unpaired) electrons. The predicted molar refractivity (Wildman–Crippen MR) is 213 cm³/mol. The molecule has 0 spiro atoms. The van der Waals surface area contributed by atoms with E-state index in [0.29, 0.717) is 18.8 Å². The van der Waals surface area contributed by atoms with Crippen molar-refractivity contribution in [2.45, 2.75) is 233 Å². The average Bonchev–Trinajstić information content (AvgIpc) is 3.16. The van der Waals surface area contributed by atoms with Gasteiger partial charge in [0.1, 0.15) is 0 Å².